The average Bonchev–Trinajstić information content (AvgIpc) is 2.48. The van der Waals surface area contributed by atoms with Crippen molar-refractivity contribution < 1.29 is 14.3 Å². The predicted molar refractivity (Wildman–Crippen MR) is 80.6 cm³/mol. The van der Waals surface area contributed by atoms with E-state index in [2.05, 4.69) is 20.7 Å². The lowest BCUT2D eigenvalue weighted by molar-refractivity contribution is -0.139. The van der Waals surface area contributed by atoms with Gasteiger partial charge in [-0.3, -0.25) is 4.79 Å². The van der Waals surface area contributed by atoms with Crippen LogP contribution in [0.1, 0.15) is 11.1 Å². The quantitative estimate of drug-likeness (QED) is 0.781. The zero-order chi connectivity index (χ0) is 14.4. The third-order valence-electron chi connectivity index (χ3n) is 2.82. The summed E-state index contributed by atoms with van der Waals surface area (Å²) in [5, 5.41) is 0. The molecule has 104 valence electrons. The molecule has 0 unspecified atom stereocenters. The van der Waals surface area contributed by atoms with Crippen molar-refractivity contribution in [3.05, 3.63) is 64.1 Å². The molecule has 20 heavy (non-hydrogen) atoms. The summed E-state index contributed by atoms with van der Waals surface area (Å²) in [4.78, 5) is 11.1. The number of esters is 1. The Labute approximate surface area is 126 Å². The van der Waals surface area contributed by atoms with Gasteiger partial charge < -0.3 is 9.47 Å². The Hall–Kier alpha value is -1.81. The largest absolute Gasteiger partial charge is 0.489 e. The Morgan fingerprint density at radius 3 is 2.20 bits per heavy atom. The minimum absolute atomic E-state index is 0.242. The molecule has 0 amide bonds. The number of methoxy groups -OCH3 is 1. The highest BCUT2D eigenvalue weighted by Crippen LogP contribution is 2.16. The molecular weight excluding hydrogens is 320 g/mol. The van der Waals surface area contributed by atoms with Gasteiger partial charge in [-0.1, -0.05) is 40.2 Å². The van der Waals surface area contributed by atoms with Gasteiger partial charge >= 0.3 is 5.97 Å². The van der Waals surface area contributed by atoms with Gasteiger partial charge in [0.2, 0.25) is 0 Å². The lowest BCUT2D eigenvalue weighted by Gasteiger charge is -2.07. The Balaban J connectivity index is 1.90. The van der Waals surface area contributed by atoms with Gasteiger partial charge in [0.1, 0.15) is 12.4 Å². The molecule has 2 aromatic carbocycles. The van der Waals surface area contributed by atoms with E-state index in [-0.39, 0.29) is 12.4 Å². The van der Waals surface area contributed by atoms with Crippen LogP contribution in [0.2, 0.25) is 0 Å². The number of hydrogen-bond donors (Lipinski definition) is 0. The summed E-state index contributed by atoms with van der Waals surface area (Å²) in [5.74, 6) is 0.537. The van der Waals surface area contributed by atoms with E-state index in [1.54, 1.807) is 0 Å². The summed E-state index contributed by atoms with van der Waals surface area (Å²) in [6, 6.07) is 15.4. The molecule has 0 fully saturated rings. The van der Waals surface area contributed by atoms with E-state index in [1.165, 1.54) is 7.11 Å². The molecule has 4 heteroatoms. The molecule has 0 heterocycles. The highest BCUT2D eigenvalue weighted by molar-refractivity contribution is 9.10. The van der Waals surface area contributed by atoms with Crippen molar-refractivity contribution in [2.24, 2.45) is 0 Å². The van der Waals surface area contributed by atoms with E-state index in [9.17, 15) is 4.79 Å². The minimum Gasteiger partial charge on any atom is -0.489 e. The smallest absolute Gasteiger partial charge is 0.309 e. The Morgan fingerprint density at radius 2 is 1.60 bits per heavy atom. The van der Waals surface area contributed by atoms with Crippen molar-refractivity contribution in [3.8, 4) is 5.75 Å². The van der Waals surface area contributed by atoms with Crippen molar-refractivity contribution in [1.82, 2.24) is 0 Å². The van der Waals surface area contributed by atoms with Crippen molar-refractivity contribution in [1.29, 1.82) is 0 Å². The summed E-state index contributed by atoms with van der Waals surface area (Å²) in [5.41, 5.74) is 2.01. The molecule has 0 aliphatic heterocycles. The molecule has 2 rings (SSSR count). The fourth-order valence-corrected chi connectivity index (χ4v) is 1.95. The van der Waals surface area contributed by atoms with Gasteiger partial charge in [0.25, 0.3) is 0 Å². The normalized spacial score (nSPS) is 10.1. The molecule has 0 saturated heterocycles. The second-order valence-electron chi connectivity index (χ2n) is 4.31. The fraction of sp³-hybridized carbons (Fsp3) is 0.188. The molecule has 0 bridgehead atoms. The number of rotatable bonds is 5. The van der Waals surface area contributed by atoms with Gasteiger partial charge in [0, 0.05) is 4.47 Å². The number of carbonyl (C=O) groups is 1. The molecule has 0 aliphatic rings. The topological polar surface area (TPSA) is 35.5 Å². The maximum Gasteiger partial charge on any atom is 0.309 e. The number of carbonyl (C=O) groups excluding carboxylic acids is 1. The first kappa shape index (κ1) is 14.6. The molecular formula is C16H15BrO3. The van der Waals surface area contributed by atoms with Crippen LogP contribution in [0, 0.1) is 0 Å². The van der Waals surface area contributed by atoms with Gasteiger partial charge in [-0.25, -0.2) is 0 Å². The molecule has 0 atom stereocenters. The standard InChI is InChI=1S/C16H15BrO3/c1-19-16(18)10-12-4-8-15(9-5-12)20-11-13-2-6-14(17)7-3-13/h2-9H,10-11H2,1H3. The molecule has 0 saturated carbocycles. The average molecular weight is 335 g/mol. The molecule has 0 spiro atoms. The van der Waals surface area contributed by atoms with E-state index in [0.29, 0.717) is 6.61 Å². The van der Waals surface area contributed by atoms with Crippen molar-refractivity contribution in [2.75, 3.05) is 7.11 Å². The molecule has 0 aliphatic carbocycles. The van der Waals surface area contributed by atoms with Crippen LogP contribution in [0.15, 0.2) is 53.0 Å². The lowest BCUT2D eigenvalue weighted by atomic mass is 10.1. The fourth-order valence-electron chi connectivity index (χ4n) is 1.69. The van der Waals surface area contributed by atoms with Gasteiger partial charge in [0.15, 0.2) is 0 Å². The predicted octanol–water partition coefficient (Wildman–Crippen LogP) is 3.74. The lowest BCUT2D eigenvalue weighted by Crippen LogP contribution is -2.04. The second-order valence-corrected chi connectivity index (χ2v) is 5.23. The summed E-state index contributed by atoms with van der Waals surface area (Å²) in [7, 11) is 1.39. The number of ether oxygens (including phenoxy) is 2. The van der Waals surface area contributed by atoms with Crippen LogP contribution >= 0.6 is 15.9 Å². The summed E-state index contributed by atoms with van der Waals surface area (Å²) < 4.78 is 11.4. The van der Waals surface area contributed by atoms with Gasteiger partial charge in [-0.2, -0.15) is 0 Å². The molecule has 0 radical (unpaired) electrons. The molecule has 0 aromatic heterocycles. The Bertz CT molecular complexity index is 561. The van der Waals surface area contributed by atoms with Crippen molar-refractivity contribution in [2.45, 2.75) is 13.0 Å². The third-order valence-corrected chi connectivity index (χ3v) is 3.35. The first-order chi connectivity index (χ1) is 9.67. The molecule has 3 nitrogen and oxygen atoms in total. The van der Waals surface area contributed by atoms with Crippen LogP contribution < -0.4 is 4.74 Å². The first-order valence-electron chi connectivity index (χ1n) is 6.20. The van der Waals surface area contributed by atoms with Gasteiger partial charge in [0.05, 0.1) is 13.5 Å². The van der Waals surface area contributed by atoms with Crippen molar-refractivity contribution in [3.63, 3.8) is 0 Å². The van der Waals surface area contributed by atoms with E-state index >= 15 is 0 Å². The highest BCUT2D eigenvalue weighted by Gasteiger charge is 2.03. The number of benzene rings is 2. The summed E-state index contributed by atoms with van der Waals surface area (Å²) in [6.07, 6.45) is 0.281. The molecule has 2 aromatic rings. The maximum atomic E-state index is 11.1. The maximum absolute atomic E-state index is 11.1. The SMILES string of the molecule is COC(=O)Cc1ccc(OCc2ccc(Br)cc2)cc1. The summed E-state index contributed by atoms with van der Waals surface area (Å²) in [6.45, 7) is 0.517. The minimum atomic E-state index is -0.242. The first-order valence-corrected chi connectivity index (χ1v) is 6.99. The van der Waals surface area contributed by atoms with Gasteiger partial charge in [-0.05, 0) is 35.4 Å². The highest BCUT2D eigenvalue weighted by atomic mass is 79.9. The summed E-state index contributed by atoms with van der Waals surface area (Å²) >= 11 is 3.40. The van der Waals surface area contributed by atoms with Crippen LogP contribution in [0.25, 0.3) is 0 Å². The van der Waals surface area contributed by atoms with Crippen LogP contribution in [0.5, 0.6) is 5.75 Å². The van der Waals surface area contributed by atoms with E-state index in [1.807, 2.05) is 48.5 Å². The van der Waals surface area contributed by atoms with E-state index in [4.69, 9.17) is 4.74 Å². The Kier molecular flexibility index (Phi) is 5.18. The van der Waals surface area contributed by atoms with E-state index < -0.39 is 0 Å². The molecule has 0 N–H and O–H groups in total. The second kappa shape index (κ2) is 7.10. The third kappa shape index (κ3) is 4.38. The van der Waals surface area contributed by atoms with Crippen LogP contribution in [-0.2, 0) is 22.6 Å². The van der Waals surface area contributed by atoms with Crippen LogP contribution in [0.4, 0.5) is 0 Å². The van der Waals surface area contributed by atoms with E-state index in [0.717, 1.165) is 21.3 Å². The number of halogens is 1. The van der Waals surface area contributed by atoms with Crippen molar-refractivity contribution >= 4 is 21.9 Å². The number of hydrogen-bond acceptors (Lipinski definition) is 3. The van der Waals surface area contributed by atoms with Gasteiger partial charge in [-0.15, -0.1) is 0 Å². The zero-order valence-electron chi connectivity index (χ0n) is 11.1. The van der Waals surface area contributed by atoms with Crippen LogP contribution in [-0.4, -0.2) is 13.1 Å². The monoisotopic (exact) mass is 334 g/mol. The Morgan fingerprint density at radius 1 is 1.00 bits per heavy atom. The zero-order valence-corrected chi connectivity index (χ0v) is 12.7. The van der Waals surface area contributed by atoms with Crippen LogP contribution in [0.3, 0.4) is 0 Å².